The number of nitrogens with zero attached hydrogens (tertiary/aromatic N) is 2. The molecule has 0 fully saturated rings. The van der Waals surface area contributed by atoms with Gasteiger partial charge in [-0.1, -0.05) is 38.1 Å². The first-order chi connectivity index (χ1) is 9.65. The normalized spacial score (nSPS) is 12.4. The Labute approximate surface area is 121 Å². The van der Waals surface area contributed by atoms with Crippen molar-refractivity contribution in [2.24, 2.45) is 0 Å². The molecular weight excluding hydrogens is 246 g/mol. The molecule has 3 heteroatoms. The summed E-state index contributed by atoms with van der Waals surface area (Å²) in [5.41, 5.74) is 5.82. The minimum atomic E-state index is 0.181. The third-order valence-electron chi connectivity index (χ3n) is 3.55. The summed E-state index contributed by atoms with van der Waals surface area (Å²) < 4.78 is 0. The van der Waals surface area contributed by atoms with Gasteiger partial charge < -0.3 is 5.32 Å². The van der Waals surface area contributed by atoms with E-state index >= 15 is 0 Å². The lowest BCUT2D eigenvalue weighted by molar-refractivity contribution is 0.620. The lowest BCUT2D eigenvalue weighted by Gasteiger charge is -2.21. The van der Waals surface area contributed by atoms with Crippen molar-refractivity contribution in [3.63, 3.8) is 0 Å². The summed E-state index contributed by atoms with van der Waals surface area (Å²) in [6.45, 7) is 9.25. The molecule has 0 radical (unpaired) electrons. The lowest BCUT2D eigenvalue weighted by Crippen LogP contribution is -2.23. The molecule has 1 unspecified atom stereocenters. The molecule has 0 bridgehead atoms. The van der Waals surface area contributed by atoms with E-state index in [0.29, 0.717) is 0 Å². The molecule has 1 N–H and O–H groups in total. The first-order valence-electron chi connectivity index (χ1n) is 7.28. The predicted octanol–water partition coefficient (Wildman–Crippen LogP) is 3.35. The fourth-order valence-electron chi connectivity index (χ4n) is 2.47. The van der Waals surface area contributed by atoms with E-state index in [1.165, 1.54) is 16.7 Å². The molecule has 3 nitrogen and oxygen atoms in total. The Morgan fingerprint density at radius 2 is 1.90 bits per heavy atom. The van der Waals surface area contributed by atoms with Crippen LogP contribution in [0.5, 0.6) is 0 Å². The van der Waals surface area contributed by atoms with Gasteiger partial charge in [-0.3, -0.25) is 0 Å². The summed E-state index contributed by atoms with van der Waals surface area (Å²) in [6.07, 6.45) is 1.05. The lowest BCUT2D eigenvalue weighted by atomic mass is 9.95. The van der Waals surface area contributed by atoms with Crippen molar-refractivity contribution in [2.45, 2.75) is 40.2 Å². The fourth-order valence-corrected chi connectivity index (χ4v) is 2.47. The van der Waals surface area contributed by atoms with Crippen LogP contribution in [0.1, 0.15) is 48.0 Å². The second kappa shape index (κ2) is 6.62. The molecule has 1 aromatic heterocycles. The Morgan fingerprint density at radius 1 is 1.10 bits per heavy atom. The van der Waals surface area contributed by atoms with E-state index in [1.807, 2.05) is 13.8 Å². The molecule has 1 aromatic carbocycles. The minimum absolute atomic E-state index is 0.181. The van der Waals surface area contributed by atoms with Crippen LogP contribution in [-0.4, -0.2) is 16.7 Å². The van der Waals surface area contributed by atoms with Gasteiger partial charge in [-0.25, -0.2) is 0 Å². The van der Waals surface area contributed by atoms with Gasteiger partial charge in [0.25, 0.3) is 0 Å². The molecule has 0 spiro atoms. The van der Waals surface area contributed by atoms with Gasteiger partial charge in [0, 0.05) is 0 Å². The highest BCUT2D eigenvalue weighted by Gasteiger charge is 2.16. The quantitative estimate of drug-likeness (QED) is 0.904. The SMILES string of the molecule is CCNC(c1cccc(CC)c1)c1cc(C)nnc1C. The molecule has 20 heavy (non-hydrogen) atoms. The first-order valence-corrected chi connectivity index (χ1v) is 7.28. The molecule has 0 saturated carbocycles. The Morgan fingerprint density at radius 3 is 2.60 bits per heavy atom. The number of benzene rings is 1. The maximum Gasteiger partial charge on any atom is 0.0651 e. The number of aryl methyl sites for hydroxylation is 3. The van der Waals surface area contributed by atoms with Gasteiger partial charge in [0.15, 0.2) is 0 Å². The zero-order valence-electron chi connectivity index (χ0n) is 12.8. The van der Waals surface area contributed by atoms with Crippen molar-refractivity contribution in [3.8, 4) is 0 Å². The highest BCUT2D eigenvalue weighted by atomic mass is 15.1. The monoisotopic (exact) mass is 269 g/mol. The van der Waals surface area contributed by atoms with Crippen LogP contribution in [0, 0.1) is 13.8 Å². The van der Waals surface area contributed by atoms with Crippen LogP contribution in [0.4, 0.5) is 0 Å². The van der Waals surface area contributed by atoms with Crippen molar-refractivity contribution in [1.29, 1.82) is 0 Å². The summed E-state index contributed by atoms with van der Waals surface area (Å²) in [5.74, 6) is 0. The minimum Gasteiger partial charge on any atom is -0.306 e. The molecular formula is C17H23N3. The van der Waals surface area contributed by atoms with Gasteiger partial charge in [-0.2, -0.15) is 10.2 Å². The van der Waals surface area contributed by atoms with Crippen LogP contribution in [-0.2, 0) is 6.42 Å². The van der Waals surface area contributed by atoms with Gasteiger partial charge in [0.05, 0.1) is 17.4 Å². The summed E-state index contributed by atoms with van der Waals surface area (Å²) >= 11 is 0. The zero-order chi connectivity index (χ0) is 14.5. The first kappa shape index (κ1) is 14.7. The van der Waals surface area contributed by atoms with E-state index < -0.39 is 0 Å². The van der Waals surface area contributed by atoms with Crippen LogP contribution in [0.15, 0.2) is 30.3 Å². The van der Waals surface area contributed by atoms with E-state index in [2.05, 4.69) is 59.7 Å². The standard InChI is InChI=1S/C17H23N3/c1-5-14-8-7-9-15(11-14)17(18-6-2)16-10-12(3)19-20-13(16)4/h7-11,17-18H,5-6H2,1-4H3. The average molecular weight is 269 g/mol. The molecule has 0 aliphatic rings. The number of nitrogens with one attached hydrogen (secondary N) is 1. The molecule has 1 heterocycles. The van der Waals surface area contributed by atoms with E-state index in [4.69, 9.17) is 0 Å². The summed E-state index contributed by atoms with van der Waals surface area (Å²) in [4.78, 5) is 0. The number of hydrogen-bond acceptors (Lipinski definition) is 3. The van der Waals surface area contributed by atoms with E-state index in [-0.39, 0.29) is 6.04 Å². The smallest absolute Gasteiger partial charge is 0.0651 e. The van der Waals surface area contributed by atoms with E-state index in [0.717, 1.165) is 24.4 Å². The molecule has 106 valence electrons. The molecule has 0 aliphatic carbocycles. The van der Waals surface area contributed by atoms with Crippen LogP contribution in [0.2, 0.25) is 0 Å². The van der Waals surface area contributed by atoms with Crippen LogP contribution >= 0.6 is 0 Å². The zero-order valence-corrected chi connectivity index (χ0v) is 12.8. The third kappa shape index (κ3) is 3.23. The largest absolute Gasteiger partial charge is 0.306 e. The van der Waals surface area contributed by atoms with Gasteiger partial charge in [-0.05, 0) is 49.6 Å². The Bertz CT molecular complexity index is 578. The van der Waals surface area contributed by atoms with Gasteiger partial charge >= 0.3 is 0 Å². The fraction of sp³-hybridized carbons (Fsp3) is 0.412. The molecule has 2 rings (SSSR count). The van der Waals surface area contributed by atoms with Crippen molar-refractivity contribution >= 4 is 0 Å². The molecule has 2 aromatic rings. The number of hydrogen-bond donors (Lipinski definition) is 1. The maximum atomic E-state index is 4.26. The van der Waals surface area contributed by atoms with Crippen molar-refractivity contribution < 1.29 is 0 Å². The Balaban J connectivity index is 2.46. The second-order valence-electron chi connectivity index (χ2n) is 5.12. The highest BCUT2D eigenvalue weighted by molar-refractivity contribution is 5.36. The van der Waals surface area contributed by atoms with Gasteiger partial charge in [-0.15, -0.1) is 0 Å². The van der Waals surface area contributed by atoms with Crippen molar-refractivity contribution in [2.75, 3.05) is 6.54 Å². The number of aromatic nitrogens is 2. The van der Waals surface area contributed by atoms with Crippen LogP contribution in [0.3, 0.4) is 0 Å². The molecule has 1 atom stereocenters. The third-order valence-corrected chi connectivity index (χ3v) is 3.55. The van der Waals surface area contributed by atoms with E-state index in [9.17, 15) is 0 Å². The predicted molar refractivity (Wildman–Crippen MR) is 82.8 cm³/mol. The second-order valence-corrected chi connectivity index (χ2v) is 5.12. The van der Waals surface area contributed by atoms with Gasteiger partial charge in [0.2, 0.25) is 0 Å². The summed E-state index contributed by atoms with van der Waals surface area (Å²) in [7, 11) is 0. The molecule has 0 aliphatic heterocycles. The number of rotatable bonds is 5. The van der Waals surface area contributed by atoms with Crippen molar-refractivity contribution in [3.05, 3.63) is 58.4 Å². The van der Waals surface area contributed by atoms with Crippen molar-refractivity contribution in [1.82, 2.24) is 15.5 Å². The summed E-state index contributed by atoms with van der Waals surface area (Å²) in [5, 5.41) is 12.0. The average Bonchev–Trinajstić information content (AvgIpc) is 2.47. The Hall–Kier alpha value is -1.74. The molecule has 0 amide bonds. The maximum absolute atomic E-state index is 4.26. The summed E-state index contributed by atoms with van der Waals surface area (Å²) in [6, 6.07) is 11.1. The van der Waals surface area contributed by atoms with Crippen LogP contribution < -0.4 is 5.32 Å². The topological polar surface area (TPSA) is 37.8 Å². The van der Waals surface area contributed by atoms with Gasteiger partial charge in [0.1, 0.15) is 0 Å². The Kier molecular flexibility index (Phi) is 4.85. The van der Waals surface area contributed by atoms with E-state index in [1.54, 1.807) is 0 Å². The molecule has 0 saturated heterocycles. The highest BCUT2D eigenvalue weighted by Crippen LogP contribution is 2.25. The van der Waals surface area contributed by atoms with Crippen LogP contribution in [0.25, 0.3) is 0 Å².